The molecule has 1 aliphatic rings. The highest BCUT2D eigenvalue weighted by Crippen LogP contribution is 2.23. The van der Waals surface area contributed by atoms with E-state index in [1.165, 1.54) is 41.3 Å². The predicted molar refractivity (Wildman–Crippen MR) is 108 cm³/mol. The first kappa shape index (κ1) is 22.2. The zero-order chi connectivity index (χ0) is 22.4. The molecule has 1 saturated heterocycles. The zero-order valence-electron chi connectivity index (χ0n) is 16.2. The highest BCUT2D eigenvalue weighted by atomic mass is 32.2. The Bertz CT molecular complexity index is 1100. The van der Waals surface area contributed by atoms with E-state index in [1.807, 2.05) is 0 Å². The Balaban J connectivity index is 1.73. The number of morpholine rings is 1. The van der Waals surface area contributed by atoms with Crippen molar-refractivity contribution in [3.05, 3.63) is 64.2 Å². The first-order chi connectivity index (χ1) is 14.8. The van der Waals surface area contributed by atoms with Gasteiger partial charge in [-0.05, 0) is 18.2 Å². The molecule has 12 heteroatoms. The highest BCUT2D eigenvalue weighted by molar-refractivity contribution is 7.92. The van der Waals surface area contributed by atoms with E-state index >= 15 is 0 Å². The minimum Gasteiger partial charge on any atom is -0.452 e. The summed E-state index contributed by atoms with van der Waals surface area (Å²) in [6.07, 6.45) is 0. The zero-order valence-corrected chi connectivity index (χ0v) is 17.0. The van der Waals surface area contributed by atoms with Crippen molar-refractivity contribution in [3.63, 3.8) is 0 Å². The topological polar surface area (TPSA) is 145 Å². The fourth-order valence-corrected chi connectivity index (χ4v) is 3.95. The summed E-state index contributed by atoms with van der Waals surface area (Å²) in [5, 5.41) is 10.9. The number of benzene rings is 2. The second kappa shape index (κ2) is 9.53. The summed E-state index contributed by atoms with van der Waals surface area (Å²) in [4.78, 5) is 36.0. The Morgan fingerprint density at radius 1 is 1.13 bits per heavy atom. The van der Waals surface area contributed by atoms with Gasteiger partial charge in [-0.15, -0.1) is 0 Å². The number of nitro benzene ring substituents is 1. The smallest absolute Gasteiger partial charge is 0.340 e. The van der Waals surface area contributed by atoms with Gasteiger partial charge in [-0.1, -0.05) is 18.2 Å². The molecule has 0 bridgehead atoms. The van der Waals surface area contributed by atoms with Gasteiger partial charge in [0.05, 0.1) is 34.3 Å². The molecule has 0 aromatic heterocycles. The average molecular weight is 449 g/mol. The summed E-state index contributed by atoms with van der Waals surface area (Å²) >= 11 is 0. The van der Waals surface area contributed by atoms with Gasteiger partial charge in [0.1, 0.15) is 0 Å². The van der Waals surface area contributed by atoms with Gasteiger partial charge in [0, 0.05) is 25.2 Å². The van der Waals surface area contributed by atoms with E-state index in [4.69, 9.17) is 9.47 Å². The van der Waals surface area contributed by atoms with Gasteiger partial charge >= 0.3 is 5.97 Å². The van der Waals surface area contributed by atoms with Crippen molar-refractivity contribution in [3.8, 4) is 0 Å². The number of carbonyl (C=O) groups excluding carboxylic acids is 2. The number of sulfonamides is 1. The highest BCUT2D eigenvalue weighted by Gasteiger charge is 2.23. The van der Waals surface area contributed by atoms with Crippen LogP contribution in [0.15, 0.2) is 53.4 Å². The molecule has 2 aromatic carbocycles. The van der Waals surface area contributed by atoms with E-state index in [9.17, 15) is 28.1 Å². The van der Waals surface area contributed by atoms with E-state index in [0.717, 1.165) is 12.1 Å². The van der Waals surface area contributed by atoms with Crippen LogP contribution >= 0.6 is 0 Å². The molecule has 3 rings (SSSR count). The lowest BCUT2D eigenvalue weighted by molar-refractivity contribution is -0.385. The van der Waals surface area contributed by atoms with E-state index in [2.05, 4.69) is 4.72 Å². The van der Waals surface area contributed by atoms with Crippen molar-refractivity contribution in [1.29, 1.82) is 0 Å². The van der Waals surface area contributed by atoms with Gasteiger partial charge in [-0.25, -0.2) is 13.2 Å². The van der Waals surface area contributed by atoms with Crippen LogP contribution in [0.2, 0.25) is 0 Å². The molecule has 164 valence electrons. The number of ether oxygens (including phenoxy) is 2. The average Bonchev–Trinajstić information content (AvgIpc) is 2.78. The second-order valence-corrected chi connectivity index (χ2v) is 8.16. The summed E-state index contributed by atoms with van der Waals surface area (Å²) < 4.78 is 37.8. The largest absolute Gasteiger partial charge is 0.452 e. The van der Waals surface area contributed by atoms with E-state index in [1.54, 1.807) is 0 Å². The fourth-order valence-electron chi connectivity index (χ4n) is 2.83. The standard InChI is InChI=1S/C19H19N3O8S/c23-18(21-8-10-29-11-9-21)13-30-19(24)16-6-1-2-7-17(16)20-31(27,28)15-5-3-4-14(12-15)22(25)26/h1-7,12,20H,8-11,13H2. The molecular formula is C19H19N3O8S. The van der Waals surface area contributed by atoms with Crippen LogP contribution in [0, 0.1) is 10.1 Å². The van der Waals surface area contributed by atoms with Crippen LogP contribution < -0.4 is 4.72 Å². The lowest BCUT2D eigenvalue weighted by Crippen LogP contribution is -2.42. The van der Waals surface area contributed by atoms with Crippen molar-refractivity contribution in [1.82, 2.24) is 4.90 Å². The van der Waals surface area contributed by atoms with Crippen LogP contribution in [0.1, 0.15) is 10.4 Å². The molecule has 0 spiro atoms. The lowest BCUT2D eigenvalue weighted by atomic mass is 10.2. The number of para-hydroxylation sites is 1. The number of amides is 1. The van der Waals surface area contributed by atoms with E-state index < -0.39 is 33.2 Å². The van der Waals surface area contributed by atoms with Crippen molar-refractivity contribution in [2.45, 2.75) is 4.90 Å². The van der Waals surface area contributed by atoms with Crippen molar-refractivity contribution in [2.75, 3.05) is 37.6 Å². The number of nitrogens with zero attached hydrogens (tertiary/aromatic N) is 2. The summed E-state index contributed by atoms with van der Waals surface area (Å²) in [5.41, 5.74) is -0.582. The monoisotopic (exact) mass is 449 g/mol. The molecule has 11 nitrogen and oxygen atoms in total. The van der Waals surface area contributed by atoms with Crippen LogP contribution in [0.4, 0.5) is 11.4 Å². The molecule has 0 saturated carbocycles. The summed E-state index contributed by atoms with van der Waals surface area (Å²) in [6, 6.07) is 10.2. The summed E-state index contributed by atoms with van der Waals surface area (Å²) in [7, 11) is -4.23. The first-order valence-electron chi connectivity index (χ1n) is 9.17. The van der Waals surface area contributed by atoms with Gasteiger partial charge in [-0.2, -0.15) is 0 Å². The molecule has 0 aliphatic carbocycles. The molecule has 1 N–H and O–H groups in total. The Hall–Kier alpha value is -3.51. The molecule has 0 atom stereocenters. The fraction of sp³-hybridized carbons (Fsp3) is 0.263. The van der Waals surface area contributed by atoms with Crippen LogP contribution in [0.3, 0.4) is 0 Å². The van der Waals surface area contributed by atoms with Crippen LogP contribution in [0.5, 0.6) is 0 Å². The van der Waals surface area contributed by atoms with E-state index in [0.29, 0.717) is 26.3 Å². The molecular weight excluding hydrogens is 430 g/mol. The number of hydrogen-bond acceptors (Lipinski definition) is 8. The third-order valence-corrected chi connectivity index (χ3v) is 5.78. The van der Waals surface area contributed by atoms with Crippen LogP contribution in [-0.4, -0.2) is 63.0 Å². The minimum atomic E-state index is -4.23. The van der Waals surface area contributed by atoms with Gasteiger partial charge in [0.25, 0.3) is 21.6 Å². The molecule has 31 heavy (non-hydrogen) atoms. The molecule has 2 aromatic rings. The Morgan fingerprint density at radius 2 is 1.84 bits per heavy atom. The summed E-state index contributed by atoms with van der Waals surface area (Å²) in [5.74, 6) is -1.27. The number of esters is 1. The molecule has 1 heterocycles. The lowest BCUT2D eigenvalue weighted by Gasteiger charge is -2.26. The third kappa shape index (κ3) is 5.55. The maximum absolute atomic E-state index is 12.7. The Kier molecular flexibility index (Phi) is 6.82. The van der Waals surface area contributed by atoms with E-state index in [-0.39, 0.29) is 22.1 Å². The predicted octanol–water partition coefficient (Wildman–Crippen LogP) is 1.41. The molecule has 1 fully saturated rings. The Morgan fingerprint density at radius 3 is 2.55 bits per heavy atom. The maximum atomic E-state index is 12.7. The molecule has 0 radical (unpaired) electrons. The van der Waals surface area contributed by atoms with Gasteiger partial charge in [0.2, 0.25) is 0 Å². The van der Waals surface area contributed by atoms with Gasteiger partial charge in [0.15, 0.2) is 6.61 Å². The number of carbonyl (C=O) groups is 2. The quantitative estimate of drug-likeness (QED) is 0.379. The van der Waals surface area contributed by atoms with Crippen molar-refractivity contribution < 1.29 is 32.4 Å². The number of nitrogens with one attached hydrogen (secondary N) is 1. The summed E-state index contributed by atoms with van der Waals surface area (Å²) in [6.45, 7) is 1.11. The van der Waals surface area contributed by atoms with Crippen molar-refractivity contribution in [2.24, 2.45) is 0 Å². The molecule has 1 aliphatic heterocycles. The second-order valence-electron chi connectivity index (χ2n) is 6.47. The Labute approximate surface area is 177 Å². The minimum absolute atomic E-state index is 0.0853. The first-order valence-corrected chi connectivity index (χ1v) is 10.7. The molecule has 1 amide bonds. The molecule has 0 unspecified atom stereocenters. The van der Waals surface area contributed by atoms with Gasteiger partial charge in [-0.3, -0.25) is 19.6 Å². The van der Waals surface area contributed by atoms with Crippen LogP contribution in [0.25, 0.3) is 0 Å². The number of hydrogen-bond donors (Lipinski definition) is 1. The third-order valence-electron chi connectivity index (χ3n) is 4.42. The number of non-ortho nitro benzene ring substituents is 1. The van der Waals surface area contributed by atoms with Crippen molar-refractivity contribution >= 4 is 33.3 Å². The number of nitro groups is 1. The van der Waals surface area contributed by atoms with Crippen LogP contribution in [-0.2, 0) is 24.3 Å². The maximum Gasteiger partial charge on any atom is 0.340 e. The SMILES string of the molecule is O=C(OCC(=O)N1CCOCC1)c1ccccc1NS(=O)(=O)c1cccc([N+](=O)[O-])c1. The van der Waals surface area contributed by atoms with Gasteiger partial charge < -0.3 is 14.4 Å². The number of anilines is 1. The normalized spacial score (nSPS) is 14.0. The number of rotatable bonds is 7.